The number of esters is 2. The molecule has 0 aliphatic heterocycles. The Morgan fingerprint density at radius 2 is 1.30 bits per heavy atom. The maximum atomic E-state index is 12.2. The van der Waals surface area contributed by atoms with E-state index in [0.717, 1.165) is 51.4 Å². The summed E-state index contributed by atoms with van der Waals surface area (Å²) in [5, 5.41) is -1.87. The monoisotopic (exact) mass is 458 g/mol. The molecule has 9 heteroatoms. The summed E-state index contributed by atoms with van der Waals surface area (Å²) in [6, 6.07) is 0. The number of carbonyl (C=O) groups is 2. The van der Waals surface area contributed by atoms with Crippen molar-refractivity contribution in [1.29, 1.82) is 0 Å². The van der Waals surface area contributed by atoms with E-state index in [2.05, 4.69) is 13.8 Å². The smallest absolute Gasteiger partial charge is 0.747 e. The van der Waals surface area contributed by atoms with E-state index < -0.39 is 33.7 Å². The van der Waals surface area contributed by atoms with Gasteiger partial charge in [-0.25, -0.2) is 8.42 Å². The Hall–Kier alpha value is -0.150. The van der Waals surface area contributed by atoms with E-state index in [-0.39, 0.29) is 61.0 Å². The standard InChI is InChI=1S/C21H40O7S.Na/c1-5-9-11-17(7-3)15-27-20(22)14-13-19(29(24,25)26)21(23)28-16-18(8-4)12-10-6-2;/h17-19H,5-16H2,1-4H3,(H,24,25,26);/q;+1/p-1. The molecule has 0 heterocycles. The Bertz CT molecular complexity index is 566. The van der Waals surface area contributed by atoms with Crippen molar-refractivity contribution in [2.75, 3.05) is 13.2 Å². The van der Waals surface area contributed by atoms with Crippen LogP contribution >= 0.6 is 0 Å². The molecular weight excluding hydrogens is 419 g/mol. The molecule has 0 saturated carbocycles. The Morgan fingerprint density at radius 3 is 1.70 bits per heavy atom. The van der Waals surface area contributed by atoms with E-state index in [0.29, 0.717) is 0 Å². The average molecular weight is 459 g/mol. The van der Waals surface area contributed by atoms with Crippen molar-refractivity contribution in [3.05, 3.63) is 0 Å². The Kier molecular flexibility index (Phi) is 19.7. The molecule has 172 valence electrons. The summed E-state index contributed by atoms with van der Waals surface area (Å²) in [6.07, 6.45) is 6.91. The molecule has 0 spiro atoms. The minimum Gasteiger partial charge on any atom is -0.747 e. The summed E-state index contributed by atoms with van der Waals surface area (Å²) in [5.74, 6) is -1.28. The van der Waals surface area contributed by atoms with Crippen LogP contribution in [-0.4, -0.2) is 43.4 Å². The maximum Gasteiger partial charge on any atom is 1.00 e. The van der Waals surface area contributed by atoms with E-state index in [9.17, 15) is 22.6 Å². The predicted octanol–water partition coefficient (Wildman–Crippen LogP) is 1.20. The second-order valence-electron chi connectivity index (χ2n) is 7.67. The van der Waals surface area contributed by atoms with Crippen LogP contribution in [0.25, 0.3) is 0 Å². The van der Waals surface area contributed by atoms with Gasteiger partial charge >= 0.3 is 41.5 Å². The molecule has 30 heavy (non-hydrogen) atoms. The average Bonchev–Trinajstić information content (AvgIpc) is 2.67. The normalized spacial score (nSPS) is 14.3. The number of hydrogen-bond donors (Lipinski definition) is 0. The molecule has 7 nitrogen and oxygen atoms in total. The molecule has 3 atom stereocenters. The summed E-state index contributed by atoms with van der Waals surface area (Å²) in [4.78, 5) is 24.1. The fourth-order valence-electron chi connectivity index (χ4n) is 3.00. The van der Waals surface area contributed by atoms with Gasteiger partial charge in [0, 0.05) is 6.42 Å². The first kappa shape index (κ1) is 32.0. The Morgan fingerprint density at radius 1 is 0.833 bits per heavy atom. The van der Waals surface area contributed by atoms with Gasteiger partial charge in [0.25, 0.3) is 0 Å². The minimum absolute atomic E-state index is 0. The quantitative estimate of drug-likeness (QED) is 0.183. The van der Waals surface area contributed by atoms with Crippen LogP contribution < -0.4 is 29.6 Å². The molecule has 0 rings (SSSR count). The van der Waals surface area contributed by atoms with Crippen LogP contribution in [0.2, 0.25) is 0 Å². The molecule has 0 aromatic heterocycles. The summed E-state index contributed by atoms with van der Waals surface area (Å²) in [7, 11) is -4.91. The number of rotatable bonds is 17. The molecule has 0 aromatic rings. The molecule has 0 saturated heterocycles. The number of hydrogen-bond acceptors (Lipinski definition) is 7. The zero-order chi connectivity index (χ0) is 22.3. The van der Waals surface area contributed by atoms with E-state index >= 15 is 0 Å². The summed E-state index contributed by atoms with van der Waals surface area (Å²) < 4.78 is 44.8. The van der Waals surface area contributed by atoms with Crippen LogP contribution in [0.15, 0.2) is 0 Å². The van der Waals surface area contributed by atoms with Crippen molar-refractivity contribution in [3.8, 4) is 0 Å². The van der Waals surface area contributed by atoms with Crippen molar-refractivity contribution in [2.45, 2.75) is 97.2 Å². The van der Waals surface area contributed by atoms with E-state index in [4.69, 9.17) is 9.47 Å². The third-order valence-corrected chi connectivity index (χ3v) is 6.37. The molecule has 0 radical (unpaired) electrons. The van der Waals surface area contributed by atoms with Crippen LogP contribution in [0, 0.1) is 11.8 Å². The van der Waals surface area contributed by atoms with Gasteiger partial charge < -0.3 is 14.0 Å². The first-order valence-electron chi connectivity index (χ1n) is 11.0. The van der Waals surface area contributed by atoms with E-state index in [1.54, 1.807) is 0 Å². The third kappa shape index (κ3) is 14.8. The number of unbranched alkanes of at least 4 members (excludes halogenated alkanes) is 2. The van der Waals surface area contributed by atoms with Crippen molar-refractivity contribution in [2.24, 2.45) is 11.8 Å². The SMILES string of the molecule is CCCCC(CC)COC(=O)CCC(C(=O)OCC(CC)CCCC)S(=O)(=O)[O-].[Na+]. The molecule has 0 aliphatic carbocycles. The summed E-state index contributed by atoms with van der Waals surface area (Å²) >= 11 is 0. The maximum absolute atomic E-state index is 12.2. The molecule has 0 N–H and O–H groups in total. The van der Waals surface area contributed by atoms with Gasteiger partial charge in [0.15, 0.2) is 0 Å². The largest absolute Gasteiger partial charge is 1.00 e. The Labute approximate surface area is 205 Å². The van der Waals surface area contributed by atoms with Gasteiger partial charge in [-0.15, -0.1) is 0 Å². The van der Waals surface area contributed by atoms with Gasteiger partial charge in [0.2, 0.25) is 0 Å². The fourth-order valence-corrected chi connectivity index (χ4v) is 3.71. The first-order valence-corrected chi connectivity index (χ1v) is 12.4. The molecule has 0 aromatic carbocycles. The zero-order valence-electron chi connectivity index (χ0n) is 19.5. The van der Waals surface area contributed by atoms with Crippen LogP contribution in [-0.2, 0) is 29.2 Å². The minimum atomic E-state index is -4.91. The second-order valence-corrected chi connectivity index (χ2v) is 9.22. The van der Waals surface area contributed by atoms with Crippen molar-refractivity contribution >= 4 is 22.1 Å². The third-order valence-electron chi connectivity index (χ3n) is 5.25. The topological polar surface area (TPSA) is 110 Å². The van der Waals surface area contributed by atoms with E-state index in [1.165, 1.54) is 0 Å². The molecule has 3 unspecified atom stereocenters. The summed E-state index contributed by atoms with van der Waals surface area (Å²) in [5.41, 5.74) is 0. The predicted molar refractivity (Wildman–Crippen MR) is 111 cm³/mol. The number of ether oxygens (including phenoxy) is 2. The van der Waals surface area contributed by atoms with Crippen molar-refractivity contribution in [1.82, 2.24) is 0 Å². The van der Waals surface area contributed by atoms with Crippen LogP contribution in [0.5, 0.6) is 0 Å². The van der Waals surface area contributed by atoms with Gasteiger partial charge in [-0.1, -0.05) is 66.2 Å². The van der Waals surface area contributed by atoms with Gasteiger partial charge in [-0.2, -0.15) is 0 Å². The Balaban J connectivity index is 0. The van der Waals surface area contributed by atoms with Gasteiger partial charge in [-0.05, 0) is 31.1 Å². The molecule has 0 amide bonds. The zero-order valence-corrected chi connectivity index (χ0v) is 22.3. The van der Waals surface area contributed by atoms with Crippen molar-refractivity contribution in [3.63, 3.8) is 0 Å². The second kappa shape index (κ2) is 18.4. The van der Waals surface area contributed by atoms with Crippen LogP contribution in [0.3, 0.4) is 0 Å². The van der Waals surface area contributed by atoms with E-state index in [1.807, 2.05) is 13.8 Å². The molecule has 0 fully saturated rings. The van der Waals surface area contributed by atoms with Crippen molar-refractivity contribution < 1.29 is 61.6 Å². The molecule has 0 aliphatic rings. The van der Waals surface area contributed by atoms with Crippen LogP contribution in [0.4, 0.5) is 0 Å². The van der Waals surface area contributed by atoms with Gasteiger partial charge in [0.1, 0.15) is 15.4 Å². The summed E-state index contributed by atoms with van der Waals surface area (Å²) in [6.45, 7) is 8.49. The molecule has 0 bridgehead atoms. The van der Waals surface area contributed by atoms with Crippen LogP contribution in [0.1, 0.15) is 91.9 Å². The van der Waals surface area contributed by atoms with Gasteiger partial charge in [0.05, 0.1) is 13.2 Å². The first-order chi connectivity index (χ1) is 13.7. The molecular formula is C21H39NaO7S. The van der Waals surface area contributed by atoms with Gasteiger partial charge in [-0.3, -0.25) is 9.59 Å². The fraction of sp³-hybridized carbons (Fsp3) is 0.905. The number of carbonyl (C=O) groups excluding carboxylic acids is 2.